The molecule has 0 aromatic heterocycles. The zero-order valence-corrected chi connectivity index (χ0v) is 17.9. The van der Waals surface area contributed by atoms with Crippen molar-refractivity contribution < 1.29 is 4.79 Å². The summed E-state index contributed by atoms with van der Waals surface area (Å²) in [6.07, 6.45) is 5.65. The Kier molecular flexibility index (Phi) is 5.81. The summed E-state index contributed by atoms with van der Waals surface area (Å²) in [7, 11) is 0. The van der Waals surface area contributed by atoms with Gasteiger partial charge in [-0.3, -0.25) is 9.69 Å². The first-order valence-corrected chi connectivity index (χ1v) is 11.4. The number of fused-ring (bicyclic) bond motifs is 1. The molecule has 1 atom stereocenters. The molecule has 0 N–H and O–H groups in total. The molecule has 2 heterocycles. The molecule has 1 saturated heterocycles. The molecule has 0 unspecified atom stereocenters. The number of hydrogen-bond acceptors (Lipinski definition) is 3. The van der Waals surface area contributed by atoms with E-state index in [1.807, 2.05) is 18.2 Å². The summed E-state index contributed by atoms with van der Waals surface area (Å²) in [6.45, 7) is 2.48. The van der Waals surface area contributed by atoms with Crippen LogP contribution in [0.1, 0.15) is 49.3 Å². The Bertz CT molecular complexity index is 1080. The van der Waals surface area contributed by atoms with E-state index in [0.29, 0.717) is 6.54 Å². The van der Waals surface area contributed by atoms with Crippen molar-refractivity contribution in [3.05, 3.63) is 83.9 Å². The molecule has 4 heteroatoms. The molecule has 3 aromatic rings. The maximum Gasteiger partial charge on any atom is 0.257 e. The van der Waals surface area contributed by atoms with Gasteiger partial charge in [-0.05, 0) is 53.9 Å². The van der Waals surface area contributed by atoms with Crippen molar-refractivity contribution in [1.82, 2.24) is 9.91 Å². The maximum atomic E-state index is 13.4. The van der Waals surface area contributed by atoms with E-state index in [-0.39, 0.29) is 11.9 Å². The van der Waals surface area contributed by atoms with E-state index in [1.165, 1.54) is 36.5 Å². The van der Waals surface area contributed by atoms with Crippen molar-refractivity contribution in [3.8, 4) is 0 Å². The van der Waals surface area contributed by atoms with Gasteiger partial charge in [0.15, 0.2) is 0 Å². The number of hydrazone groups is 1. The van der Waals surface area contributed by atoms with Gasteiger partial charge in [-0.15, -0.1) is 0 Å². The van der Waals surface area contributed by atoms with Crippen LogP contribution in [-0.2, 0) is 4.79 Å². The zero-order chi connectivity index (χ0) is 21.0. The minimum atomic E-state index is -0.0397. The van der Waals surface area contributed by atoms with Gasteiger partial charge >= 0.3 is 0 Å². The molecule has 3 aromatic carbocycles. The summed E-state index contributed by atoms with van der Waals surface area (Å²) in [5.41, 5.74) is 3.24. The Morgan fingerprint density at radius 1 is 0.839 bits per heavy atom. The highest BCUT2D eigenvalue weighted by Crippen LogP contribution is 2.33. The average Bonchev–Trinajstić information content (AvgIpc) is 3.11. The lowest BCUT2D eigenvalue weighted by molar-refractivity contribution is -0.134. The Balaban J connectivity index is 1.44. The van der Waals surface area contributed by atoms with Crippen molar-refractivity contribution in [2.45, 2.75) is 38.1 Å². The Labute approximate surface area is 184 Å². The molecular formula is C27H29N3O. The zero-order valence-electron chi connectivity index (χ0n) is 17.9. The monoisotopic (exact) mass is 411 g/mol. The van der Waals surface area contributed by atoms with Crippen LogP contribution >= 0.6 is 0 Å². The molecule has 0 radical (unpaired) electrons. The van der Waals surface area contributed by atoms with Crippen LogP contribution < -0.4 is 0 Å². The van der Waals surface area contributed by atoms with Crippen LogP contribution in [0.2, 0.25) is 0 Å². The van der Waals surface area contributed by atoms with Crippen molar-refractivity contribution in [3.63, 3.8) is 0 Å². The molecule has 31 heavy (non-hydrogen) atoms. The molecule has 158 valence electrons. The molecule has 0 aliphatic carbocycles. The van der Waals surface area contributed by atoms with Crippen LogP contribution in [0.5, 0.6) is 0 Å². The molecule has 4 nitrogen and oxygen atoms in total. The SMILES string of the molecule is O=C(CN1CCCCCC1)N1N=C(c2ccc3ccccc3c2)C[C@H]1c1ccccc1. The van der Waals surface area contributed by atoms with Crippen LogP contribution in [-0.4, -0.2) is 41.2 Å². The van der Waals surface area contributed by atoms with Crippen molar-refractivity contribution in [2.24, 2.45) is 5.10 Å². The highest BCUT2D eigenvalue weighted by molar-refractivity contribution is 6.05. The first-order valence-electron chi connectivity index (χ1n) is 11.4. The normalized spacial score (nSPS) is 19.9. The van der Waals surface area contributed by atoms with Crippen LogP contribution in [0.3, 0.4) is 0 Å². The topological polar surface area (TPSA) is 35.9 Å². The molecule has 1 amide bonds. The third-order valence-electron chi connectivity index (χ3n) is 6.49. The second-order valence-electron chi connectivity index (χ2n) is 8.67. The molecule has 2 aliphatic heterocycles. The summed E-state index contributed by atoms with van der Waals surface area (Å²) in [4.78, 5) is 15.7. The second-order valence-corrected chi connectivity index (χ2v) is 8.67. The fourth-order valence-corrected chi connectivity index (χ4v) is 4.78. The fourth-order valence-electron chi connectivity index (χ4n) is 4.78. The number of carbonyl (C=O) groups excluding carboxylic acids is 1. The summed E-state index contributed by atoms with van der Waals surface area (Å²) in [5, 5.41) is 9.06. The number of amides is 1. The van der Waals surface area contributed by atoms with Crippen LogP contribution in [0.15, 0.2) is 77.9 Å². The first-order chi connectivity index (χ1) is 15.3. The molecule has 2 aliphatic rings. The third kappa shape index (κ3) is 4.40. The predicted molar refractivity (Wildman–Crippen MR) is 126 cm³/mol. The lowest BCUT2D eigenvalue weighted by atomic mass is 9.97. The van der Waals surface area contributed by atoms with E-state index in [9.17, 15) is 4.79 Å². The van der Waals surface area contributed by atoms with Gasteiger partial charge in [-0.1, -0.05) is 79.6 Å². The smallest absolute Gasteiger partial charge is 0.257 e. The van der Waals surface area contributed by atoms with Gasteiger partial charge in [0.2, 0.25) is 0 Å². The minimum absolute atomic E-state index is 0.0397. The summed E-state index contributed by atoms with van der Waals surface area (Å²) < 4.78 is 0. The van der Waals surface area contributed by atoms with E-state index in [2.05, 4.69) is 59.5 Å². The van der Waals surface area contributed by atoms with E-state index in [4.69, 9.17) is 5.10 Å². The number of benzene rings is 3. The van der Waals surface area contributed by atoms with Gasteiger partial charge in [0.1, 0.15) is 0 Å². The van der Waals surface area contributed by atoms with Gasteiger partial charge in [-0.25, -0.2) is 5.01 Å². The summed E-state index contributed by atoms with van der Waals surface area (Å²) in [6, 6.07) is 25.1. The summed E-state index contributed by atoms with van der Waals surface area (Å²) >= 11 is 0. The number of hydrogen-bond donors (Lipinski definition) is 0. The van der Waals surface area contributed by atoms with Gasteiger partial charge in [0, 0.05) is 6.42 Å². The third-order valence-corrected chi connectivity index (χ3v) is 6.49. The van der Waals surface area contributed by atoms with Gasteiger partial charge in [0.25, 0.3) is 5.91 Å². The van der Waals surface area contributed by atoms with Crippen LogP contribution in [0.4, 0.5) is 0 Å². The number of nitrogens with zero attached hydrogens (tertiary/aromatic N) is 3. The molecule has 0 spiro atoms. The molecule has 5 rings (SSSR count). The van der Waals surface area contributed by atoms with Gasteiger partial charge in [-0.2, -0.15) is 5.10 Å². The predicted octanol–water partition coefficient (Wildman–Crippen LogP) is 5.39. The van der Waals surface area contributed by atoms with E-state index < -0.39 is 0 Å². The van der Waals surface area contributed by atoms with E-state index in [0.717, 1.165) is 36.3 Å². The highest BCUT2D eigenvalue weighted by Gasteiger charge is 2.33. The summed E-state index contributed by atoms with van der Waals surface area (Å²) in [5.74, 6) is 0.103. The van der Waals surface area contributed by atoms with Gasteiger partial charge in [0.05, 0.1) is 18.3 Å². The van der Waals surface area contributed by atoms with Crippen molar-refractivity contribution >= 4 is 22.4 Å². The van der Waals surface area contributed by atoms with Crippen molar-refractivity contribution in [1.29, 1.82) is 0 Å². The maximum absolute atomic E-state index is 13.4. The molecular weight excluding hydrogens is 382 g/mol. The second kappa shape index (κ2) is 9.03. The Morgan fingerprint density at radius 2 is 1.55 bits per heavy atom. The Hall–Kier alpha value is -2.98. The molecule has 1 fully saturated rings. The number of rotatable bonds is 4. The lowest BCUT2D eigenvalue weighted by Gasteiger charge is -2.26. The average molecular weight is 412 g/mol. The standard InChI is InChI=1S/C27H29N3O/c31-27(20-29-16-8-1-2-9-17-29)30-26(22-11-4-3-5-12-22)19-25(28-30)24-15-14-21-10-6-7-13-23(21)18-24/h3-7,10-15,18,26H,1-2,8-9,16-17,19-20H2/t26-/m0/s1. The first kappa shape index (κ1) is 20.0. The molecule has 0 bridgehead atoms. The van der Waals surface area contributed by atoms with E-state index >= 15 is 0 Å². The largest absolute Gasteiger partial charge is 0.294 e. The quantitative estimate of drug-likeness (QED) is 0.577. The van der Waals surface area contributed by atoms with Crippen LogP contribution in [0, 0.1) is 0 Å². The molecule has 0 saturated carbocycles. The highest BCUT2D eigenvalue weighted by atomic mass is 16.2. The van der Waals surface area contributed by atoms with Crippen LogP contribution in [0.25, 0.3) is 10.8 Å². The fraction of sp³-hybridized carbons (Fsp3) is 0.333. The number of likely N-dealkylation sites (tertiary alicyclic amines) is 1. The van der Waals surface area contributed by atoms with E-state index in [1.54, 1.807) is 5.01 Å². The number of carbonyl (C=O) groups is 1. The Morgan fingerprint density at radius 3 is 2.32 bits per heavy atom. The van der Waals surface area contributed by atoms with Gasteiger partial charge < -0.3 is 0 Å². The van der Waals surface area contributed by atoms with Crippen molar-refractivity contribution in [2.75, 3.05) is 19.6 Å². The lowest BCUT2D eigenvalue weighted by Crippen LogP contribution is -2.38. The minimum Gasteiger partial charge on any atom is -0.294 e.